The van der Waals surface area contributed by atoms with Crippen molar-refractivity contribution in [3.63, 3.8) is 0 Å². The van der Waals surface area contributed by atoms with Crippen LogP contribution < -0.4 is 10.6 Å². The molecule has 2 N–H and O–H groups in total. The molecule has 0 unspecified atom stereocenters. The Morgan fingerprint density at radius 1 is 1.00 bits per heavy atom. The van der Waals surface area contributed by atoms with E-state index < -0.39 is 65.5 Å². The molecule has 13 heteroatoms. The van der Waals surface area contributed by atoms with Gasteiger partial charge >= 0.3 is 6.18 Å². The largest absolute Gasteiger partial charge is 0.452 e. The van der Waals surface area contributed by atoms with Gasteiger partial charge in [-0.3, -0.25) is 19.2 Å². The molecular weight excluding hydrogens is 524 g/mol. The number of likely N-dealkylation sites (tertiary alicyclic amines) is 1. The summed E-state index contributed by atoms with van der Waals surface area (Å²) < 4.78 is 57.4. The van der Waals surface area contributed by atoms with Crippen LogP contribution in [0.4, 0.5) is 17.6 Å². The Labute approximate surface area is 222 Å². The van der Waals surface area contributed by atoms with Gasteiger partial charge in [0.15, 0.2) is 0 Å². The summed E-state index contributed by atoms with van der Waals surface area (Å²) >= 11 is 0. The first-order valence-electron chi connectivity index (χ1n) is 12.5. The fourth-order valence-electron chi connectivity index (χ4n) is 4.31. The molecule has 1 aromatic carbocycles. The summed E-state index contributed by atoms with van der Waals surface area (Å²) in [6.07, 6.45) is -4.53. The van der Waals surface area contributed by atoms with Crippen molar-refractivity contribution >= 4 is 23.5 Å². The van der Waals surface area contributed by atoms with E-state index in [1.807, 2.05) is 0 Å². The number of amides is 3. The van der Waals surface area contributed by atoms with Crippen LogP contribution in [-0.2, 0) is 14.4 Å². The average molecular weight is 555 g/mol. The first-order chi connectivity index (χ1) is 18.2. The molecule has 3 atom stereocenters. The Balaban J connectivity index is 1.73. The number of hydrogen-bond acceptors (Lipinski definition) is 6. The minimum atomic E-state index is -5.13. The molecule has 2 heterocycles. The third kappa shape index (κ3) is 7.01. The van der Waals surface area contributed by atoms with E-state index >= 15 is 0 Å². The van der Waals surface area contributed by atoms with E-state index in [0.717, 1.165) is 0 Å². The van der Waals surface area contributed by atoms with Gasteiger partial charge in [0.1, 0.15) is 23.6 Å². The highest BCUT2D eigenvalue weighted by molar-refractivity contribution is 5.98. The molecule has 9 nitrogen and oxygen atoms in total. The number of benzene rings is 1. The number of ketones is 1. The number of carbonyl (C=O) groups excluding carboxylic acids is 4. The van der Waals surface area contributed by atoms with Gasteiger partial charge in [-0.05, 0) is 48.9 Å². The predicted molar refractivity (Wildman–Crippen MR) is 131 cm³/mol. The smallest absolute Gasteiger partial charge is 0.350 e. The van der Waals surface area contributed by atoms with Crippen molar-refractivity contribution in [1.82, 2.24) is 20.7 Å². The van der Waals surface area contributed by atoms with Gasteiger partial charge in [-0.1, -0.05) is 32.9 Å². The number of halogens is 4. The van der Waals surface area contributed by atoms with Crippen molar-refractivity contribution in [2.24, 2.45) is 11.8 Å². The van der Waals surface area contributed by atoms with E-state index in [1.165, 1.54) is 49.1 Å². The summed E-state index contributed by atoms with van der Waals surface area (Å²) in [7, 11) is 0. The second kappa shape index (κ2) is 12.0. The van der Waals surface area contributed by atoms with Crippen LogP contribution in [0.3, 0.4) is 0 Å². The van der Waals surface area contributed by atoms with Gasteiger partial charge < -0.3 is 20.1 Å². The predicted octanol–water partition coefficient (Wildman–Crippen LogP) is 3.50. The maximum atomic E-state index is 13.4. The number of nitrogens with zero attached hydrogens (tertiary/aromatic N) is 2. The fraction of sp³-hybridized carbons (Fsp3) is 0.500. The molecule has 0 spiro atoms. The lowest BCUT2D eigenvalue weighted by Crippen LogP contribution is -2.58. The second-order valence-electron chi connectivity index (χ2n) is 10.1. The SMILES string of the molecule is CC(C)[C@H](NC(=O)c1cc(-c2ccc(F)cc2)no1)C(=O)N1CCC[C@H]1C(=O)N[C@H](C(=O)C(F)(F)F)C(C)C. The van der Waals surface area contributed by atoms with Crippen LogP contribution in [-0.4, -0.2) is 64.4 Å². The lowest BCUT2D eigenvalue weighted by Gasteiger charge is -2.31. The third-order valence-electron chi connectivity index (χ3n) is 6.46. The number of nitrogens with one attached hydrogen (secondary N) is 2. The van der Waals surface area contributed by atoms with E-state index in [-0.39, 0.29) is 24.4 Å². The van der Waals surface area contributed by atoms with Crippen LogP contribution >= 0.6 is 0 Å². The molecule has 0 bridgehead atoms. The summed E-state index contributed by atoms with van der Waals surface area (Å²) in [5.41, 5.74) is 0.780. The quantitative estimate of drug-likeness (QED) is 0.458. The van der Waals surface area contributed by atoms with E-state index in [4.69, 9.17) is 4.52 Å². The zero-order valence-electron chi connectivity index (χ0n) is 21.8. The first kappa shape index (κ1) is 29.8. The van der Waals surface area contributed by atoms with E-state index in [2.05, 4.69) is 15.8 Å². The van der Waals surface area contributed by atoms with Crippen molar-refractivity contribution in [3.05, 3.63) is 41.9 Å². The molecule has 212 valence electrons. The van der Waals surface area contributed by atoms with Crippen LogP contribution in [0.2, 0.25) is 0 Å². The number of carbonyl (C=O) groups is 4. The van der Waals surface area contributed by atoms with Gasteiger partial charge in [0.25, 0.3) is 11.7 Å². The number of hydrogen-bond donors (Lipinski definition) is 2. The first-order valence-corrected chi connectivity index (χ1v) is 12.5. The second-order valence-corrected chi connectivity index (χ2v) is 10.1. The van der Waals surface area contributed by atoms with Crippen molar-refractivity contribution < 1.29 is 41.3 Å². The van der Waals surface area contributed by atoms with Crippen LogP contribution in [0.25, 0.3) is 11.3 Å². The minimum absolute atomic E-state index is 0.145. The maximum absolute atomic E-state index is 13.4. The van der Waals surface area contributed by atoms with Gasteiger partial charge in [0.05, 0.1) is 6.04 Å². The molecule has 0 aliphatic carbocycles. The summed E-state index contributed by atoms with van der Waals surface area (Å²) in [5, 5.41) is 8.56. The van der Waals surface area contributed by atoms with Crippen LogP contribution in [0.5, 0.6) is 0 Å². The molecular formula is C26H30F4N4O5. The van der Waals surface area contributed by atoms with Gasteiger partial charge in [0.2, 0.25) is 17.6 Å². The van der Waals surface area contributed by atoms with E-state index in [9.17, 15) is 36.7 Å². The van der Waals surface area contributed by atoms with Crippen molar-refractivity contribution in [2.45, 2.75) is 64.8 Å². The van der Waals surface area contributed by atoms with E-state index in [0.29, 0.717) is 12.0 Å². The zero-order chi connectivity index (χ0) is 29.1. The number of rotatable bonds is 9. The summed E-state index contributed by atoms with van der Waals surface area (Å²) in [5.74, 6) is -6.20. The molecule has 1 saturated heterocycles. The van der Waals surface area contributed by atoms with Crippen LogP contribution in [0.15, 0.2) is 34.9 Å². The van der Waals surface area contributed by atoms with Gasteiger partial charge in [-0.25, -0.2) is 4.39 Å². The highest BCUT2D eigenvalue weighted by Gasteiger charge is 2.46. The Morgan fingerprint density at radius 2 is 1.62 bits per heavy atom. The van der Waals surface area contributed by atoms with Gasteiger partial charge in [0, 0.05) is 18.2 Å². The van der Waals surface area contributed by atoms with Gasteiger partial charge in [-0.15, -0.1) is 0 Å². The van der Waals surface area contributed by atoms with Crippen molar-refractivity contribution in [2.75, 3.05) is 6.54 Å². The Kier molecular flexibility index (Phi) is 9.13. The molecule has 1 aromatic heterocycles. The number of alkyl halides is 3. The molecule has 3 rings (SSSR count). The number of Topliss-reactive ketones (excluding diaryl/α,β-unsaturated/α-hetero) is 1. The summed E-state index contributed by atoms with van der Waals surface area (Å²) in [4.78, 5) is 52.3. The monoisotopic (exact) mass is 554 g/mol. The van der Waals surface area contributed by atoms with Crippen molar-refractivity contribution in [1.29, 1.82) is 0 Å². The van der Waals surface area contributed by atoms with Gasteiger partial charge in [-0.2, -0.15) is 13.2 Å². The molecule has 0 saturated carbocycles. The van der Waals surface area contributed by atoms with Crippen molar-refractivity contribution in [3.8, 4) is 11.3 Å². The Morgan fingerprint density at radius 3 is 2.18 bits per heavy atom. The third-order valence-corrected chi connectivity index (χ3v) is 6.46. The Hall–Kier alpha value is -3.77. The molecule has 2 aromatic rings. The molecule has 1 aliphatic heterocycles. The normalized spacial score (nSPS) is 17.3. The highest BCUT2D eigenvalue weighted by Crippen LogP contribution is 2.25. The average Bonchev–Trinajstić information content (AvgIpc) is 3.55. The molecule has 0 radical (unpaired) electrons. The Bertz CT molecular complexity index is 1210. The maximum Gasteiger partial charge on any atom is 0.452 e. The molecule has 1 aliphatic rings. The lowest BCUT2D eigenvalue weighted by atomic mass is 9.98. The highest BCUT2D eigenvalue weighted by atomic mass is 19.4. The van der Waals surface area contributed by atoms with Crippen LogP contribution in [0.1, 0.15) is 51.1 Å². The molecule has 3 amide bonds. The molecule has 39 heavy (non-hydrogen) atoms. The van der Waals surface area contributed by atoms with E-state index in [1.54, 1.807) is 13.8 Å². The molecule has 1 fully saturated rings. The van der Waals surface area contributed by atoms with Crippen LogP contribution in [0, 0.1) is 17.7 Å². The fourth-order valence-corrected chi connectivity index (χ4v) is 4.31. The summed E-state index contributed by atoms with van der Waals surface area (Å²) in [6, 6.07) is 2.71. The lowest BCUT2D eigenvalue weighted by molar-refractivity contribution is -0.175. The topological polar surface area (TPSA) is 122 Å². The number of aromatic nitrogens is 1. The zero-order valence-corrected chi connectivity index (χ0v) is 21.8. The standard InChI is InChI=1S/C26H30F4N4O5/c1-13(2)20(22(35)26(28,29)30)31-23(36)18-6-5-11-34(18)25(38)21(14(3)4)32-24(37)19-12-17(33-39-19)15-7-9-16(27)10-8-15/h7-10,12-14,18,20-21H,5-6,11H2,1-4H3,(H,31,36)(H,32,37)/t18-,20-,21-/m0/s1. The minimum Gasteiger partial charge on any atom is -0.350 e. The summed E-state index contributed by atoms with van der Waals surface area (Å²) in [6.45, 7) is 6.25.